The molecule has 1 unspecified atom stereocenters. The summed E-state index contributed by atoms with van der Waals surface area (Å²) in [6, 6.07) is 4.42. The van der Waals surface area contributed by atoms with Gasteiger partial charge in [-0.3, -0.25) is 0 Å². The van der Waals surface area contributed by atoms with Gasteiger partial charge in [-0.1, -0.05) is 11.6 Å². The van der Waals surface area contributed by atoms with Gasteiger partial charge in [-0.05, 0) is 43.4 Å². The lowest BCUT2D eigenvalue weighted by molar-refractivity contribution is 0.203. The van der Waals surface area contributed by atoms with E-state index in [0.717, 1.165) is 12.8 Å². The summed E-state index contributed by atoms with van der Waals surface area (Å²) in [7, 11) is -3.59. The predicted molar refractivity (Wildman–Crippen MR) is 79.1 cm³/mol. The van der Waals surface area contributed by atoms with E-state index in [-0.39, 0.29) is 23.1 Å². The van der Waals surface area contributed by atoms with Crippen LogP contribution in [0.15, 0.2) is 23.1 Å². The second-order valence-corrected chi connectivity index (χ2v) is 7.41. The molecule has 0 aliphatic carbocycles. The highest BCUT2D eigenvalue weighted by molar-refractivity contribution is 7.89. The van der Waals surface area contributed by atoms with E-state index in [0.29, 0.717) is 24.5 Å². The molecule has 7 heteroatoms. The third-order valence-corrected chi connectivity index (χ3v) is 5.78. The Balaban J connectivity index is 2.25. The monoisotopic (exact) mass is 318 g/mol. The van der Waals surface area contributed by atoms with Crippen molar-refractivity contribution >= 4 is 27.3 Å². The molecule has 1 atom stereocenters. The SMILES string of the molecule is Nc1cc(Cl)ccc1S(=O)(=O)N1CCCC(CCO)C1. The molecule has 2 rings (SSSR count). The maximum absolute atomic E-state index is 12.6. The molecule has 1 aliphatic heterocycles. The highest BCUT2D eigenvalue weighted by Crippen LogP contribution is 2.29. The zero-order valence-corrected chi connectivity index (χ0v) is 12.7. The van der Waals surface area contributed by atoms with Crippen molar-refractivity contribution in [3.63, 3.8) is 0 Å². The van der Waals surface area contributed by atoms with E-state index in [2.05, 4.69) is 0 Å². The smallest absolute Gasteiger partial charge is 0.245 e. The van der Waals surface area contributed by atoms with Crippen LogP contribution in [0.4, 0.5) is 5.69 Å². The summed E-state index contributed by atoms with van der Waals surface area (Å²) in [6.45, 7) is 1.01. The van der Waals surface area contributed by atoms with Crippen LogP contribution in [0.5, 0.6) is 0 Å². The van der Waals surface area contributed by atoms with Crippen LogP contribution in [0.3, 0.4) is 0 Å². The number of nitrogens with zero attached hydrogens (tertiary/aromatic N) is 1. The molecular weight excluding hydrogens is 300 g/mol. The highest BCUT2D eigenvalue weighted by atomic mass is 35.5. The van der Waals surface area contributed by atoms with Gasteiger partial charge in [0.2, 0.25) is 10.0 Å². The molecule has 1 saturated heterocycles. The molecule has 0 saturated carbocycles. The van der Waals surface area contributed by atoms with Crippen molar-refractivity contribution in [1.82, 2.24) is 4.31 Å². The van der Waals surface area contributed by atoms with Gasteiger partial charge in [0.25, 0.3) is 0 Å². The fraction of sp³-hybridized carbons (Fsp3) is 0.538. The fourth-order valence-corrected chi connectivity index (χ4v) is 4.39. The molecule has 1 heterocycles. The van der Waals surface area contributed by atoms with Gasteiger partial charge in [-0.15, -0.1) is 0 Å². The van der Waals surface area contributed by atoms with Crippen LogP contribution in [0.25, 0.3) is 0 Å². The third kappa shape index (κ3) is 3.25. The topological polar surface area (TPSA) is 83.6 Å². The maximum Gasteiger partial charge on any atom is 0.245 e. The van der Waals surface area contributed by atoms with E-state index in [1.165, 1.54) is 22.5 Å². The normalized spacial score (nSPS) is 21.0. The third-order valence-electron chi connectivity index (χ3n) is 3.61. The Labute approximate surface area is 124 Å². The number of hydrogen-bond donors (Lipinski definition) is 2. The number of rotatable bonds is 4. The molecular formula is C13H19ClN2O3S. The largest absolute Gasteiger partial charge is 0.398 e. The number of aliphatic hydroxyl groups is 1. The molecule has 1 aromatic rings. The summed E-state index contributed by atoms with van der Waals surface area (Å²) in [6.07, 6.45) is 2.38. The summed E-state index contributed by atoms with van der Waals surface area (Å²) in [5, 5.41) is 9.41. The van der Waals surface area contributed by atoms with Crippen LogP contribution in [0, 0.1) is 5.92 Å². The number of nitrogen functional groups attached to an aromatic ring is 1. The molecule has 1 fully saturated rings. The maximum atomic E-state index is 12.6. The summed E-state index contributed by atoms with van der Waals surface area (Å²) in [5.41, 5.74) is 5.95. The van der Waals surface area contributed by atoms with Gasteiger partial charge in [0.15, 0.2) is 0 Å². The molecule has 0 aromatic heterocycles. The first-order chi connectivity index (χ1) is 9.45. The molecule has 0 radical (unpaired) electrons. The van der Waals surface area contributed by atoms with Crippen LogP contribution in [-0.4, -0.2) is 37.5 Å². The molecule has 0 bridgehead atoms. The molecule has 5 nitrogen and oxygen atoms in total. The number of aliphatic hydroxyl groups excluding tert-OH is 1. The zero-order chi connectivity index (χ0) is 14.8. The number of piperidine rings is 1. The minimum Gasteiger partial charge on any atom is -0.398 e. The Hall–Kier alpha value is -0.820. The van der Waals surface area contributed by atoms with Crippen molar-refractivity contribution in [2.75, 3.05) is 25.4 Å². The number of benzene rings is 1. The van der Waals surface area contributed by atoms with E-state index in [9.17, 15) is 8.42 Å². The lowest BCUT2D eigenvalue weighted by Crippen LogP contribution is -2.40. The molecule has 112 valence electrons. The fourth-order valence-electron chi connectivity index (χ4n) is 2.56. The molecule has 1 aliphatic rings. The van der Waals surface area contributed by atoms with Gasteiger partial charge in [-0.25, -0.2) is 8.42 Å². The number of anilines is 1. The van der Waals surface area contributed by atoms with E-state index in [1.54, 1.807) is 0 Å². The summed E-state index contributed by atoms with van der Waals surface area (Å²) < 4.78 is 26.7. The van der Waals surface area contributed by atoms with Gasteiger partial charge in [0.1, 0.15) is 4.90 Å². The zero-order valence-electron chi connectivity index (χ0n) is 11.1. The average Bonchev–Trinajstić information content (AvgIpc) is 2.39. The first-order valence-corrected chi connectivity index (χ1v) is 8.43. The van der Waals surface area contributed by atoms with Crippen molar-refractivity contribution in [3.05, 3.63) is 23.2 Å². The quantitative estimate of drug-likeness (QED) is 0.828. The second-order valence-electron chi connectivity index (χ2n) is 5.07. The van der Waals surface area contributed by atoms with Gasteiger partial charge < -0.3 is 10.8 Å². The number of hydrogen-bond acceptors (Lipinski definition) is 4. The van der Waals surface area contributed by atoms with Gasteiger partial charge in [0.05, 0.1) is 5.69 Å². The summed E-state index contributed by atoms with van der Waals surface area (Å²) >= 11 is 5.80. The van der Waals surface area contributed by atoms with Crippen LogP contribution in [0.2, 0.25) is 5.02 Å². The van der Waals surface area contributed by atoms with Crippen LogP contribution in [0.1, 0.15) is 19.3 Å². The van der Waals surface area contributed by atoms with E-state index in [1.807, 2.05) is 0 Å². The Morgan fingerprint density at radius 1 is 1.45 bits per heavy atom. The lowest BCUT2D eigenvalue weighted by Gasteiger charge is -2.32. The van der Waals surface area contributed by atoms with Crippen molar-refractivity contribution < 1.29 is 13.5 Å². The molecule has 3 N–H and O–H groups in total. The second kappa shape index (κ2) is 6.30. The van der Waals surface area contributed by atoms with Crippen molar-refractivity contribution in [2.45, 2.75) is 24.2 Å². The van der Waals surface area contributed by atoms with E-state index in [4.69, 9.17) is 22.4 Å². The summed E-state index contributed by atoms with van der Waals surface area (Å²) in [5.74, 6) is 0.206. The Morgan fingerprint density at radius 2 is 2.20 bits per heavy atom. The Kier molecular flexibility index (Phi) is 4.90. The van der Waals surface area contributed by atoms with Crippen molar-refractivity contribution in [1.29, 1.82) is 0 Å². The van der Waals surface area contributed by atoms with E-state index < -0.39 is 10.0 Å². The number of sulfonamides is 1. The lowest BCUT2D eigenvalue weighted by atomic mass is 9.97. The van der Waals surface area contributed by atoms with Crippen molar-refractivity contribution in [2.24, 2.45) is 5.92 Å². The number of nitrogens with two attached hydrogens (primary N) is 1. The van der Waals surface area contributed by atoms with Gasteiger partial charge in [-0.2, -0.15) is 4.31 Å². The first kappa shape index (κ1) is 15.6. The molecule has 20 heavy (non-hydrogen) atoms. The van der Waals surface area contributed by atoms with Crippen LogP contribution in [-0.2, 0) is 10.0 Å². The van der Waals surface area contributed by atoms with Crippen molar-refractivity contribution in [3.8, 4) is 0 Å². The Bertz CT molecular complexity index is 575. The van der Waals surface area contributed by atoms with Gasteiger partial charge >= 0.3 is 0 Å². The van der Waals surface area contributed by atoms with E-state index >= 15 is 0 Å². The molecule has 1 aromatic carbocycles. The van der Waals surface area contributed by atoms with Crippen LogP contribution >= 0.6 is 11.6 Å². The molecule has 0 spiro atoms. The van der Waals surface area contributed by atoms with Gasteiger partial charge in [0, 0.05) is 24.7 Å². The molecule has 0 amide bonds. The average molecular weight is 319 g/mol. The van der Waals surface area contributed by atoms with Crippen LogP contribution < -0.4 is 5.73 Å². The standard InChI is InChI=1S/C13H19ClN2O3S/c14-11-3-4-13(12(15)8-11)20(18,19)16-6-1-2-10(9-16)5-7-17/h3-4,8,10,17H,1-2,5-7,9,15H2. The Morgan fingerprint density at radius 3 is 2.85 bits per heavy atom. The summed E-state index contributed by atoms with van der Waals surface area (Å²) in [4.78, 5) is 0.103. The minimum atomic E-state index is -3.59. The minimum absolute atomic E-state index is 0.0850. The highest BCUT2D eigenvalue weighted by Gasteiger charge is 2.31. The first-order valence-electron chi connectivity index (χ1n) is 6.61. The predicted octanol–water partition coefficient (Wildman–Crippen LogP) is 1.71. The number of halogens is 1.